The Morgan fingerprint density at radius 2 is 1.83 bits per heavy atom. The molecule has 1 saturated heterocycles. The van der Waals surface area contributed by atoms with Crippen molar-refractivity contribution in [1.82, 2.24) is 0 Å². The van der Waals surface area contributed by atoms with E-state index in [1.165, 1.54) is 12.8 Å². The van der Waals surface area contributed by atoms with Crippen molar-refractivity contribution in [3.63, 3.8) is 0 Å². The lowest BCUT2D eigenvalue weighted by atomic mass is 9.89. The van der Waals surface area contributed by atoms with Crippen molar-refractivity contribution in [2.24, 2.45) is 0 Å². The lowest BCUT2D eigenvalue weighted by Gasteiger charge is -2.35. The van der Waals surface area contributed by atoms with Gasteiger partial charge in [-0.1, -0.05) is 31.0 Å². The summed E-state index contributed by atoms with van der Waals surface area (Å²) in [5.41, 5.74) is 4.94. The second kappa shape index (κ2) is 11.6. The number of benzene rings is 2. The molecule has 2 aromatic carbocycles. The quantitative estimate of drug-likeness (QED) is 0.424. The molecule has 1 heterocycles. The first kappa shape index (κ1) is 26.5. The third-order valence-electron chi connectivity index (χ3n) is 7.74. The Balaban J connectivity index is 1.72. The van der Waals surface area contributed by atoms with E-state index in [9.17, 15) is 9.90 Å². The Bertz CT molecular complexity index is 1060. The molecular weight excluding hydrogens is 458 g/mol. The molecule has 2 N–H and O–H groups in total. The molecule has 2 aromatic rings. The zero-order valence-corrected chi connectivity index (χ0v) is 21.9. The van der Waals surface area contributed by atoms with Crippen molar-refractivity contribution >= 4 is 11.7 Å². The first-order valence-corrected chi connectivity index (χ1v) is 12.9. The van der Waals surface area contributed by atoms with Gasteiger partial charge in [0.1, 0.15) is 11.3 Å². The standard InChI is InChI=1S/C29H39NO6/c1-19-24(11-12-25(20(2)33-3)27(19)34-4)26-10-9-22(17-21(26)18-36-23-7-5-6-8-23)30-29(28(31)32)13-15-35-16-14-29/h9-12,17,20,23,30H,5-8,13-16,18H2,1-4H3,(H,31,32)/t20-/m0/s1. The highest BCUT2D eigenvalue weighted by Crippen LogP contribution is 2.39. The largest absolute Gasteiger partial charge is 0.496 e. The summed E-state index contributed by atoms with van der Waals surface area (Å²) in [5.74, 6) is -0.0270. The summed E-state index contributed by atoms with van der Waals surface area (Å²) in [6, 6.07) is 10.2. The minimum atomic E-state index is -1.03. The molecule has 0 amide bonds. The van der Waals surface area contributed by atoms with Gasteiger partial charge in [0.15, 0.2) is 0 Å². The van der Waals surface area contributed by atoms with E-state index in [-0.39, 0.29) is 12.2 Å². The molecule has 0 spiro atoms. The van der Waals surface area contributed by atoms with Gasteiger partial charge < -0.3 is 29.4 Å². The number of carbonyl (C=O) groups is 1. The number of rotatable bonds is 10. The van der Waals surface area contributed by atoms with Crippen molar-refractivity contribution in [1.29, 1.82) is 0 Å². The molecule has 1 atom stereocenters. The highest BCUT2D eigenvalue weighted by molar-refractivity contribution is 5.84. The number of nitrogens with one attached hydrogen (secondary N) is 1. The van der Waals surface area contributed by atoms with Crippen molar-refractivity contribution in [3.8, 4) is 16.9 Å². The van der Waals surface area contributed by atoms with Gasteiger partial charge in [-0.2, -0.15) is 0 Å². The van der Waals surface area contributed by atoms with E-state index in [1.807, 2.05) is 19.1 Å². The van der Waals surface area contributed by atoms with Gasteiger partial charge in [-0.25, -0.2) is 4.79 Å². The SMILES string of the molecule is COc1c([C@H](C)OC)ccc(-c2ccc(NC3(C(=O)O)CCOCC3)cc2COC2CCCC2)c1C. The van der Waals surface area contributed by atoms with Gasteiger partial charge in [0.05, 0.1) is 25.9 Å². The van der Waals surface area contributed by atoms with Gasteiger partial charge in [-0.05, 0) is 61.1 Å². The average Bonchev–Trinajstić information content (AvgIpc) is 3.41. The van der Waals surface area contributed by atoms with Crippen molar-refractivity contribution in [3.05, 3.63) is 47.0 Å². The lowest BCUT2D eigenvalue weighted by molar-refractivity contribution is -0.145. The Hall–Kier alpha value is -2.61. The summed E-state index contributed by atoms with van der Waals surface area (Å²) < 4.78 is 23.1. The van der Waals surface area contributed by atoms with Crippen LogP contribution in [0.15, 0.2) is 30.3 Å². The third kappa shape index (κ3) is 5.53. The topological polar surface area (TPSA) is 86.3 Å². The van der Waals surface area contributed by atoms with Crippen molar-refractivity contribution < 1.29 is 28.8 Å². The lowest BCUT2D eigenvalue weighted by Crippen LogP contribution is -2.50. The Kier molecular flexibility index (Phi) is 8.54. The van der Waals surface area contributed by atoms with Crippen LogP contribution in [0.1, 0.15) is 68.2 Å². The van der Waals surface area contributed by atoms with Crippen LogP contribution in [0.5, 0.6) is 5.75 Å². The molecule has 0 aromatic heterocycles. The van der Waals surface area contributed by atoms with E-state index in [1.54, 1.807) is 14.2 Å². The molecule has 0 unspecified atom stereocenters. The monoisotopic (exact) mass is 497 g/mol. The first-order chi connectivity index (χ1) is 17.4. The number of ether oxygens (including phenoxy) is 4. The highest BCUT2D eigenvalue weighted by atomic mass is 16.5. The molecule has 2 aliphatic rings. The van der Waals surface area contributed by atoms with E-state index in [4.69, 9.17) is 18.9 Å². The molecule has 1 aliphatic carbocycles. The van der Waals surface area contributed by atoms with E-state index in [0.29, 0.717) is 32.7 Å². The summed E-state index contributed by atoms with van der Waals surface area (Å²) in [5, 5.41) is 13.4. The molecular formula is C29H39NO6. The van der Waals surface area contributed by atoms with E-state index >= 15 is 0 Å². The zero-order chi connectivity index (χ0) is 25.7. The van der Waals surface area contributed by atoms with Gasteiger partial charge in [-0.15, -0.1) is 0 Å². The molecule has 7 nitrogen and oxygen atoms in total. The number of hydrogen-bond acceptors (Lipinski definition) is 6. The van der Waals surface area contributed by atoms with Gasteiger partial charge in [0.25, 0.3) is 0 Å². The van der Waals surface area contributed by atoms with Crippen LogP contribution in [0.3, 0.4) is 0 Å². The fourth-order valence-corrected chi connectivity index (χ4v) is 5.43. The molecule has 7 heteroatoms. The number of carboxylic acids is 1. The number of methoxy groups -OCH3 is 2. The molecule has 2 fully saturated rings. The van der Waals surface area contributed by atoms with Gasteiger partial charge in [0.2, 0.25) is 0 Å². The first-order valence-electron chi connectivity index (χ1n) is 12.9. The van der Waals surface area contributed by atoms with Crippen LogP contribution >= 0.6 is 0 Å². The van der Waals surface area contributed by atoms with Crippen LogP contribution in [0.4, 0.5) is 5.69 Å². The highest BCUT2D eigenvalue weighted by Gasteiger charge is 2.40. The minimum Gasteiger partial charge on any atom is -0.496 e. The molecule has 1 saturated carbocycles. The second-order valence-electron chi connectivity index (χ2n) is 9.95. The van der Waals surface area contributed by atoms with Crippen LogP contribution in [-0.4, -0.2) is 50.2 Å². The fourth-order valence-electron chi connectivity index (χ4n) is 5.43. The Morgan fingerprint density at radius 3 is 2.47 bits per heavy atom. The summed E-state index contributed by atoms with van der Waals surface area (Å²) in [6.45, 7) is 5.40. The second-order valence-corrected chi connectivity index (χ2v) is 9.95. The van der Waals surface area contributed by atoms with Gasteiger partial charge in [0, 0.05) is 44.4 Å². The van der Waals surface area contributed by atoms with Gasteiger partial charge in [-0.3, -0.25) is 0 Å². The maximum absolute atomic E-state index is 12.2. The Morgan fingerprint density at radius 1 is 1.14 bits per heavy atom. The summed E-state index contributed by atoms with van der Waals surface area (Å²) in [7, 11) is 3.38. The molecule has 36 heavy (non-hydrogen) atoms. The molecule has 0 radical (unpaired) electrons. The van der Waals surface area contributed by atoms with E-state index in [2.05, 4.69) is 30.4 Å². The predicted molar refractivity (Wildman–Crippen MR) is 140 cm³/mol. The number of aliphatic carboxylic acids is 1. The number of hydrogen-bond donors (Lipinski definition) is 2. The van der Waals surface area contributed by atoms with E-state index < -0.39 is 11.5 Å². The van der Waals surface area contributed by atoms with Crippen LogP contribution in [0.25, 0.3) is 11.1 Å². The van der Waals surface area contributed by atoms with Crippen LogP contribution in [-0.2, 0) is 25.6 Å². The normalized spacial score (nSPS) is 18.7. The summed E-state index contributed by atoms with van der Waals surface area (Å²) in [6.07, 6.45) is 5.63. The maximum atomic E-state index is 12.2. The number of carboxylic acid groups (broad SMARTS) is 1. The van der Waals surface area contributed by atoms with Crippen LogP contribution < -0.4 is 10.1 Å². The van der Waals surface area contributed by atoms with Crippen molar-refractivity contribution in [2.75, 3.05) is 32.8 Å². The number of anilines is 1. The minimum absolute atomic E-state index is 0.0869. The zero-order valence-electron chi connectivity index (χ0n) is 21.9. The molecule has 196 valence electrons. The van der Waals surface area contributed by atoms with E-state index in [0.717, 1.165) is 52.1 Å². The summed E-state index contributed by atoms with van der Waals surface area (Å²) in [4.78, 5) is 12.2. The maximum Gasteiger partial charge on any atom is 0.329 e. The smallest absolute Gasteiger partial charge is 0.329 e. The molecule has 4 rings (SSSR count). The molecule has 0 bridgehead atoms. The van der Waals surface area contributed by atoms with Gasteiger partial charge >= 0.3 is 5.97 Å². The average molecular weight is 498 g/mol. The fraction of sp³-hybridized carbons (Fsp3) is 0.552. The summed E-state index contributed by atoms with van der Waals surface area (Å²) >= 11 is 0. The van der Waals surface area contributed by atoms with Crippen LogP contribution in [0, 0.1) is 6.92 Å². The molecule has 1 aliphatic heterocycles. The van der Waals surface area contributed by atoms with Crippen molar-refractivity contribution in [2.45, 2.75) is 76.7 Å². The third-order valence-corrected chi connectivity index (χ3v) is 7.74. The van der Waals surface area contributed by atoms with Crippen LogP contribution in [0.2, 0.25) is 0 Å². The Labute approximate surface area is 214 Å². The predicted octanol–water partition coefficient (Wildman–Crippen LogP) is 5.88.